The van der Waals surface area contributed by atoms with E-state index in [1.165, 1.54) is 32.9 Å². The largest absolute Gasteiger partial charge is 0.457 e. The van der Waals surface area contributed by atoms with Crippen LogP contribution in [0.5, 0.6) is 23.0 Å². The summed E-state index contributed by atoms with van der Waals surface area (Å²) in [4.78, 5) is 24.5. The van der Waals surface area contributed by atoms with Gasteiger partial charge in [-0.15, -0.1) is 10.2 Å². The van der Waals surface area contributed by atoms with E-state index in [-0.39, 0.29) is 23.3 Å². The zero-order valence-electron chi connectivity index (χ0n) is 22.4. The number of hydrogen-bond acceptors (Lipinski definition) is 12. The number of ether oxygens (including phenoxy) is 2. The van der Waals surface area contributed by atoms with Crippen molar-refractivity contribution in [1.82, 2.24) is 40.4 Å². The van der Waals surface area contributed by atoms with E-state index >= 15 is 0 Å². The second-order valence-corrected chi connectivity index (χ2v) is 10.5. The summed E-state index contributed by atoms with van der Waals surface area (Å²) in [5.74, 6) is 2.36. The van der Waals surface area contributed by atoms with Gasteiger partial charge in [0.05, 0.1) is 11.5 Å². The highest BCUT2D eigenvalue weighted by Gasteiger charge is 2.10. The Morgan fingerprint density at radius 2 is 1.10 bits per heavy atom. The van der Waals surface area contributed by atoms with Gasteiger partial charge in [0.1, 0.15) is 23.0 Å². The molecule has 2 N–H and O–H groups in total. The number of nitrogens with zero attached hydrogens (tertiary/aromatic N) is 8. The molecule has 3 aromatic carbocycles. The van der Waals surface area contributed by atoms with Crippen LogP contribution in [0.4, 0.5) is 11.4 Å². The van der Waals surface area contributed by atoms with Crippen molar-refractivity contribution in [2.75, 3.05) is 22.1 Å². The molecule has 14 nitrogen and oxygen atoms in total. The van der Waals surface area contributed by atoms with Crippen molar-refractivity contribution < 1.29 is 19.1 Å². The smallest absolute Gasteiger partial charge is 0.234 e. The summed E-state index contributed by atoms with van der Waals surface area (Å²) in [5, 5.41) is 29.0. The third-order valence-corrected chi connectivity index (χ3v) is 7.40. The van der Waals surface area contributed by atoms with Gasteiger partial charge < -0.3 is 20.1 Å². The first-order valence-corrected chi connectivity index (χ1v) is 14.3. The van der Waals surface area contributed by atoms with Gasteiger partial charge in [0, 0.05) is 31.5 Å². The molecule has 42 heavy (non-hydrogen) atoms. The molecule has 2 aromatic heterocycles. The van der Waals surface area contributed by atoms with Crippen LogP contribution in [0.3, 0.4) is 0 Å². The Morgan fingerprint density at radius 1 is 0.667 bits per heavy atom. The fourth-order valence-corrected chi connectivity index (χ4v) is 4.73. The number of tetrazole rings is 2. The van der Waals surface area contributed by atoms with Gasteiger partial charge in [-0.05, 0) is 81.5 Å². The van der Waals surface area contributed by atoms with E-state index in [4.69, 9.17) is 9.47 Å². The average Bonchev–Trinajstić information content (AvgIpc) is 3.60. The summed E-state index contributed by atoms with van der Waals surface area (Å²) in [6.45, 7) is 0. The van der Waals surface area contributed by atoms with Gasteiger partial charge >= 0.3 is 0 Å². The fourth-order valence-electron chi connectivity index (χ4n) is 3.43. The number of nitrogens with one attached hydrogen (secondary N) is 2. The normalized spacial score (nSPS) is 10.7. The van der Waals surface area contributed by atoms with Crippen LogP contribution in [0.2, 0.25) is 0 Å². The second kappa shape index (κ2) is 13.6. The molecule has 16 heteroatoms. The summed E-state index contributed by atoms with van der Waals surface area (Å²) in [5.41, 5.74) is 1.28. The predicted octanol–water partition coefficient (Wildman–Crippen LogP) is 3.78. The van der Waals surface area contributed by atoms with E-state index in [9.17, 15) is 9.59 Å². The standard InChI is InChI=1S/C26H24N10O4S2/c1-35-25(29-31-33-35)41-15-23(37)27-17-6-10-19(11-7-17)39-21-4-3-5-22(14-21)40-20-12-8-18(9-13-20)28-24(38)16-42-26-30-32-34-36(26)2/h3-14H,15-16H2,1-2H3,(H,27,37)(H,28,38). The molecule has 214 valence electrons. The first-order chi connectivity index (χ1) is 20.4. The number of amides is 2. The number of anilines is 2. The molecule has 0 aliphatic carbocycles. The summed E-state index contributed by atoms with van der Waals surface area (Å²) in [6.07, 6.45) is 0. The van der Waals surface area contributed by atoms with Gasteiger partial charge in [-0.25, -0.2) is 9.36 Å². The van der Waals surface area contributed by atoms with Crippen LogP contribution in [0.15, 0.2) is 83.1 Å². The van der Waals surface area contributed by atoms with Crippen molar-refractivity contribution in [2.24, 2.45) is 14.1 Å². The van der Waals surface area contributed by atoms with Crippen LogP contribution in [0.1, 0.15) is 0 Å². The van der Waals surface area contributed by atoms with Gasteiger partial charge in [0.2, 0.25) is 22.1 Å². The molecule has 2 heterocycles. The lowest BCUT2D eigenvalue weighted by Gasteiger charge is -2.11. The van der Waals surface area contributed by atoms with Crippen molar-refractivity contribution in [1.29, 1.82) is 0 Å². The molecule has 0 aliphatic heterocycles. The summed E-state index contributed by atoms with van der Waals surface area (Å²) in [6, 6.07) is 21.3. The molecule has 0 saturated heterocycles. The quantitative estimate of drug-likeness (QED) is 0.198. The van der Waals surface area contributed by atoms with Gasteiger partial charge in [-0.2, -0.15) is 0 Å². The van der Waals surface area contributed by atoms with Gasteiger partial charge in [0.15, 0.2) is 0 Å². The number of thioether (sulfide) groups is 2. The molecule has 0 fully saturated rings. The van der Waals surface area contributed by atoms with E-state index in [0.717, 1.165) is 0 Å². The van der Waals surface area contributed by atoms with Crippen LogP contribution < -0.4 is 20.1 Å². The van der Waals surface area contributed by atoms with Gasteiger partial charge in [-0.3, -0.25) is 9.59 Å². The minimum absolute atomic E-state index is 0.174. The molecule has 0 bridgehead atoms. The zero-order chi connectivity index (χ0) is 29.3. The van der Waals surface area contributed by atoms with E-state index in [1.54, 1.807) is 68.7 Å². The SMILES string of the molecule is Cn1nnnc1SCC(=O)Nc1ccc(Oc2cccc(Oc3ccc(NC(=O)CSc4nnnn4C)cc3)c2)cc1. The number of aryl methyl sites for hydroxylation is 2. The molecular formula is C26H24N10O4S2. The number of carbonyl (C=O) groups excluding carboxylic acids is 2. The summed E-state index contributed by atoms with van der Waals surface area (Å²) >= 11 is 2.49. The molecule has 0 saturated carbocycles. The van der Waals surface area contributed by atoms with E-state index in [0.29, 0.717) is 44.7 Å². The van der Waals surface area contributed by atoms with Crippen molar-refractivity contribution >= 4 is 46.7 Å². The van der Waals surface area contributed by atoms with Gasteiger partial charge in [-0.1, -0.05) is 29.6 Å². The number of rotatable bonds is 12. The minimum atomic E-state index is -0.174. The maximum Gasteiger partial charge on any atom is 0.234 e. The Kier molecular flexibility index (Phi) is 9.25. The highest BCUT2D eigenvalue weighted by molar-refractivity contribution is 8.00. The van der Waals surface area contributed by atoms with Crippen LogP contribution in [-0.4, -0.2) is 63.7 Å². The molecule has 5 rings (SSSR count). The number of benzene rings is 3. The van der Waals surface area contributed by atoms with E-state index < -0.39 is 0 Å². The third-order valence-electron chi connectivity index (χ3n) is 5.38. The van der Waals surface area contributed by atoms with Gasteiger partial charge in [0.25, 0.3) is 0 Å². The molecule has 5 aromatic rings. The first kappa shape index (κ1) is 28.6. The molecule has 0 aliphatic rings. The molecular weight excluding hydrogens is 580 g/mol. The fraction of sp³-hybridized carbons (Fsp3) is 0.154. The van der Waals surface area contributed by atoms with Crippen LogP contribution in [0.25, 0.3) is 0 Å². The van der Waals surface area contributed by atoms with Crippen molar-refractivity contribution in [3.8, 4) is 23.0 Å². The summed E-state index contributed by atoms with van der Waals surface area (Å²) < 4.78 is 14.9. The molecule has 2 amide bonds. The van der Waals surface area contributed by atoms with E-state index in [2.05, 4.69) is 41.7 Å². The zero-order valence-corrected chi connectivity index (χ0v) is 24.0. The lowest BCUT2D eigenvalue weighted by Crippen LogP contribution is -2.14. The number of hydrogen-bond donors (Lipinski definition) is 2. The lowest BCUT2D eigenvalue weighted by atomic mass is 10.2. The number of aromatic nitrogens is 8. The highest BCUT2D eigenvalue weighted by atomic mass is 32.2. The highest BCUT2D eigenvalue weighted by Crippen LogP contribution is 2.29. The Labute approximate surface area is 248 Å². The van der Waals surface area contributed by atoms with Crippen molar-refractivity contribution in [2.45, 2.75) is 10.3 Å². The average molecular weight is 605 g/mol. The van der Waals surface area contributed by atoms with Crippen molar-refractivity contribution in [3.05, 3.63) is 72.8 Å². The molecule has 0 atom stereocenters. The van der Waals surface area contributed by atoms with Crippen LogP contribution in [0, 0.1) is 0 Å². The topological polar surface area (TPSA) is 164 Å². The van der Waals surface area contributed by atoms with E-state index in [1.807, 2.05) is 18.2 Å². The predicted molar refractivity (Wildman–Crippen MR) is 156 cm³/mol. The maximum atomic E-state index is 12.2. The van der Waals surface area contributed by atoms with Crippen molar-refractivity contribution in [3.63, 3.8) is 0 Å². The maximum absolute atomic E-state index is 12.2. The Hall–Kier alpha value is -4.96. The molecule has 0 spiro atoms. The Balaban J connectivity index is 1.09. The Bertz CT molecular complexity index is 1540. The third kappa shape index (κ3) is 8.05. The minimum Gasteiger partial charge on any atom is -0.457 e. The molecule has 0 radical (unpaired) electrons. The van der Waals surface area contributed by atoms with Crippen LogP contribution >= 0.6 is 23.5 Å². The molecule has 0 unspecified atom stereocenters. The monoisotopic (exact) mass is 604 g/mol. The first-order valence-electron chi connectivity index (χ1n) is 12.4. The summed E-state index contributed by atoms with van der Waals surface area (Å²) in [7, 11) is 3.43. The lowest BCUT2D eigenvalue weighted by molar-refractivity contribution is -0.114. The Morgan fingerprint density at radius 3 is 1.48 bits per heavy atom. The van der Waals surface area contributed by atoms with Crippen LogP contribution in [-0.2, 0) is 23.7 Å². The number of carbonyl (C=O) groups is 2. The second-order valence-electron chi connectivity index (χ2n) is 8.57.